The Balaban J connectivity index is 3.28. The maximum atomic E-state index is 12.7. The van der Waals surface area contributed by atoms with Crippen LogP contribution in [0.4, 0.5) is 8.78 Å². The van der Waals surface area contributed by atoms with Gasteiger partial charge in [0.25, 0.3) is 0 Å². The van der Waals surface area contributed by atoms with Crippen molar-refractivity contribution < 1.29 is 18.8 Å². The first-order valence-electron chi connectivity index (χ1n) is 3.34. The van der Waals surface area contributed by atoms with Crippen LogP contribution in [0.1, 0.15) is 5.56 Å². The third-order valence-corrected chi connectivity index (χ3v) is 1.48. The van der Waals surface area contributed by atoms with Gasteiger partial charge in [0.1, 0.15) is 0 Å². The Labute approximate surface area is 68.6 Å². The van der Waals surface area contributed by atoms with Crippen LogP contribution in [0.25, 0.3) is 0 Å². The number of benzene rings is 1. The van der Waals surface area contributed by atoms with Crippen LogP contribution in [0.15, 0.2) is 12.1 Å². The van der Waals surface area contributed by atoms with Gasteiger partial charge in [-0.2, -0.15) is 0 Å². The lowest BCUT2D eigenvalue weighted by molar-refractivity contribution is 0.420. The quantitative estimate of drug-likeness (QED) is 0.583. The van der Waals surface area contributed by atoms with E-state index >= 15 is 0 Å². The maximum absolute atomic E-state index is 12.7. The van der Waals surface area contributed by atoms with Crippen molar-refractivity contribution in [1.82, 2.24) is 0 Å². The van der Waals surface area contributed by atoms with E-state index in [-0.39, 0.29) is 0 Å². The molecule has 12 heavy (non-hydrogen) atoms. The summed E-state index contributed by atoms with van der Waals surface area (Å²) in [4.78, 5) is 0. The van der Waals surface area contributed by atoms with Crippen LogP contribution < -0.4 is 5.46 Å². The summed E-state index contributed by atoms with van der Waals surface area (Å²) in [5, 5.41) is 17.2. The summed E-state index contributed by atoms with van der Waals surface area (Å²) in [7, 11) is -1.97. The molecule has 64 valence electrons. The van der Waals surface area contributed by atoms with Crippen LogP contribution in [-0.4, -0.2) is 17.2 Å². The number of hydrogen-bond donors (Lipinski definition) is 2. The molecule has 0 radical (unpaired) electrons. The van der Waals surface area contributed by atoms with Crippen LogP contribution >= 0.6 is 0 Å². The molecule has 0 aliphatic carbocycles. The molecule has 2 N–H and O–H groups in total. The van der Waals surface area contributed by atoms with Crippen molar-refractivity contribution in [3.63, 3.8) is 0 Å². The van der Waals surface area contributed by atoms with Gasteiger partial charge in [-0.15, -0.1) is 0 Å². The number of rotatable bonds is 1. The predicted molar refractivity (Wildman–Crippen MR) is 40.9 cm³/mol. The summed E-state index contributed by atoms with van der Waals surface area (Å²) in [5.41, 5.74) is 0.00417. The standard InChI is InChI=1S/C7H7BF2O2/c1-4-2-5(8(11)12)7(10)6(9)3-4/h2-3,11-12H,1H3. The van der Waals surface area contributed by atoms with E-state index in [1.165, 1.54) is 13.0 Å². The van der Waals surface area contributed by atoms with Crippen LogP contribution in [0.3, 0.4) is 0 Å². The topological polar surface area (TPSA) is 40.5 Å². The van der Waals surface area contributed by atoms with Gasteiger partial charge in [0, 0.05) is 5.46 Å². The molecule has 1 aromatic rings. The van der Waals surface area contributed by atoms with E-state index in [1.807, 2.05) is 0 Å². The van der Waals surface area contributed by atoms with Gasteiger partial charge in [-0.25, -0.2) is 8.78 Å². The van der Waals surface area contributed by atoms with Crippen molar-refractivity contribution >= 4 is 12.6 Å². The second-order valence-electron chi connectivity index (χ2n) is 2.52. The molecular formula is C7H7BF2O2. The van der Waals surface area contributed by atoms with Crippen molar-refractivity contribution in [1.29, 1.82) is 0 Å². The fourth-order valence-electron chi connectivity index (χ4n) is 0.939. The van der Waals surface area contributed by atoms with Gasteiger partial charge in [0.15, 0.2) is 11.6 Å². The predicted octanol–water partition coefficient (Wildman–Crippen LogP) is -0.0470. The molecule has 0 saturated heterocycles. The van der Waals surface area contributed by atoms with E-state index < -0.39 is 24.2 Å². The Kier molecular flexibility index (Phi) is 2.44. The van der Waals surface area contributed by atoms with Gasteiger partial charge in [-0.05, 0) is 18.6 Å². The molecule has 1 rings (SSSR count). The zero-order chi connectivity index (χ0) is 9.30. The van der Waals surface area contributed by atoms with Gasteiger partial charge in [0.2, 0.25) is 0 Å². The first kappa shape index (κ1) is 9.16. The summed E-state index contributed by atoms with van der Waals surface area (Å²) >= 11 is 0. The molecule has 1 aromatic carbocycles. The van der Waals surface area contributed by atoms with E-state index in [0.29, 0.717) is 5.56 Å². The highest BCUT2D eigenvalue weighted by Crippen LogP contribution is 2.05. The Hall–Kier alpha value is -0.935. The van der Waals surface area contributed by atoms with Gasteiger partial charge >= 0.3 is 7.12 Å². The van der Waals surface area contributed by atoms with Crippen LogP contribution in [0.5, 0.6) is 0 Å². The van der Waals surface area contributed by atoms with Crippen LogP contribution in [0, 0.1) is 18.6 Å². The van der Waals surface area contributed by atoms with E-state index in [9.17, 15) is 8.78 Å². The highest BCUT2D eigenvalue weighted by molar-refractivity contribution is 6.58. The first-order valence-corrected chi connectivity index (χ1v) is 3.34. The molecule has 0 fully saturated rings. The second kappa shape index (κ2) is 3.20. The van der Waals surface area contributed by atoms with Gasteiger partial charge in [-0.3, -0.25) is 0 Å². The Bertz CT molecular complexity index is 302. The molecule has 0 amide bonds. The first-order chi connectivity index (χ1) is 5.52. The van der Waals surface area contributed by atoms with Crippen molar-refractivity contribution in [2.75, 3.05) is 0 Å². The molecule has 0 aromatic heterocycles. The fraction of sp³-hybridized carbons (Fsp3) is 0.143. The minimum Gasteiger partial charge on any atom is -0.423 e. The second-order valence-corrected chi connectivity index (χ2v) is 2.52. The average Bonchev–Trinajstić information content (AvgIpc) is 1.96. The molecule has 2 nitrogen and oxygen atoms in total. The molecule has 0 atom stereocenters. The molecular weight excluding hydrogens is 165 g/mol. The SMILES string of the molecule is Cc1cc(F)c(F)c(B(O)O)c1. The number of hydrogen-bond acceptors (Lipinski definition) is 2. The monoisotopic (exact) mass is 172 g/mol. The highest BCUT2D eigenvalue weighted by atomic mass is 19.2. The molecule has 0 aliphatic rings. The Morgan fingerprint density at radius 1 is 1.25 bits per heavy atom. The average molecular weight is 172 g/mol. The minimum atomic E-state index is -1.97. The maximum Gasteiger partial charge on any atom is 0.491 e. The lowest BCUT2D eigenvalue weighted by Crippen LogP contribution is -2.33. The van der Waals surface area contributed by atoms with Crippen molar-refractivity contribution in [3.05, 3.63) is 29.3 Å². The largest absolute Gasteiger partial charge is 0.491 e. The van der Waals surface area contributed by atoms with E-state index in [2.05, 4.69) is 0 Å². The molecule has 0 unspecified atom stereocenters. The van der Waals surface area contributed by atoms with E-state index in [4.69, 9.17) is 10.0 Å². The molecule has 0 saturated carbocycles. The van der Waals surface area contributed by atoms with Gasteiger partial charge in [-0.1, -0.05) is 6.07 Å². The van der Waals surface area contributed by atoms with Crippen molar-refractivity contribution in [2.24, 2.45) is 0 Å². The van der Waals surface area contributed by atoms with Crippen LogP contribution in [0.2, 0.25) is 0 Å². The van der Waals surface area contributed by atoms with E-state index in [0.717, 1.165) is 6.07 Å². The fourth-order valence-corrected chi connectivity index (χ4v) is 0.939. The smallest absolute Gasteiger partial charge is 0.423 e. The summed E-state index contributed by atoms with van der Waals surface area (Å²) in [6.45, 7) is 1.54. The lowest BCUT2D eigenvalue weighted by Gasteiger charge is -2.03. The summed E-state index contributed by atoms with van der Waals surface area (Å²) in [6, 6.07) is 2.17. The lowest BCUT2D eigenvalue weighted by atomic mass is 9.79. The van der Waals surface area contributed by atoms with Gasteiger partial charge < -0.3 is 10.0 Å². The van der Waals surface area contributed by atoms with Gasteiger partial charge in [0.05, 0.1) is 0 Å². The van der Waals surface area contributed by atoms with Crippen molar-refractivity contribution in [3.8, 4) is 0 Å². The zero-order valence-electron chi connectivity index (χ0n) is 6.38. The molecule has 0 aliphatic heterocycles. The molecule has 0 heterocycles. The molecule has 0 bridgehead atoms. The number of halogens is 2. The summed E-state index contributed by atoms with van der Waals surface area (Å²) in [5.74, 6) is -2.28. The van der Waals surface area contributed by atoms with E-state index in [1.54, 1.807) is 0 Å². The summed E-state index contributed by atoms with van der Waals surface area (Å²) < 4.78 is 25.3. The molecule has 5 heteroatoms. The Morgan fingerprint density at radius 2 is 1.83 bits per heavy atom. The normalized spacial score (nSPS) is 10.1. The highest BCUT2D eigenvalue weighted by Gasteiger charge is 2.19. The minimum absolute atomic E-state index is 0.437. The third-order valence-electron chi connectivity index (χ3n) is 1.48. The number of aryl methyl sites for hydroxylation is 1. The molecule has 0 spiro atoms. The zero-order valence-corrected chi connectivity index (χ0v) is 6.38. The summed E-state index contributed by atoms with van der Waals surface area (Å²) in [6.07, 6.45) is 0. The van der Waals surface area contributed by atoms with Crippen molar-refractivity contribution in [2.45, 2.75) is 6.92 Å². The third kappa shape index (κ3) is 1.62. The van der Waals surface area contributed by atoms with Crippen LogP contribution in [-0.2, 0) is 0 Å². The Morgan fingerprint density at radius 3 is 2.33 bits per heavy atom.